The standard InChI is InChI=1S/C13H18N2O4/c1-9(2)19-13(18)8-15(7-12(16)17)11-6-4-3-5-10(11)14/h3-6,9H,7-8,14H2,1-2H3,(H,16,17). The van der Waals surface area contributed by atoms with Gasteiger partial charge in [-0.3, -0.25) is 9.59 Å². The fourth-order valence-corrected chi connectivity index (χ4v) is 1.62. The van der Waals surface area contributed by atoms with Gasteiger partial charge in [0, 0.05) is 0 Å². The minimum atomic E-state index is -1.04. The van der Waals surface area contributed by atoms with Crippen molar-refractivity contribution in [1.82, 2.24) is 0 Å². The average molecular weight is 266 g/mol. The largest absolute Gasteiger partial charge is 0.480 e. The molecular weight excluding hydrogens is 248 g/mol. The highest BCUT2D eigenvalue weighted by atomic mass is 16.5. The SMILES string of the molecule is CC(C)OC(=O)CN(CC(=O)O)c1ccccc1N. The van der Waals surface area contributed by atoms with E-state index >= 15 is 0 Å². The molecule has 6 nitrogen and oxygen atoms in total. The van der Waals surface area contributed by atoms with E-state index in [0.29, 0.717) is 11.4 Å². The number of carbonyl (C=O) groups is 2. The summed E-state index contributed by atoms with van der Waals surface area (Å²) in [5.74, 6) is -1.53. The number of esters is 1. The molecule has 0 atom stereocenters. The maximum Gasteiger partial charge on any atom is 0.325 e. The summed E-state index contributed by atoms with van der Waals surface area (Å²) < 4.78 is 5.01. The number of ether oxygens (including phenoxy) is 1. The first-order chi connectivity index (χ1) is 8.90. The topological polar surface area (TPSA) is 92.9 Å². The molecule has 0 unspecified atom stereocenters. The highest BCUT2D eigenvalue weighted by Gasteiger charge is 2.18. The number of hydrogen-bond acceptors (Lipinski definition) is 5. The Morgan fingerprint density at radius 1 is 1.32 bits per heavy atom. The Morgan fingerprint density at radius 3 is 2.47 bits per heavy atom. The van der Waals surface area contributed by atoms with Gasteiger partial charge in [0.1, 0.15) is 13.1 Å². The van der Waals surface area contributed by atoms with Gasteiger partial charge in [-0.2, -0.15) is 0 Å². The molecule has 0 saturated heterocycles. The van der Waals surface area contributed by atoms with Crippen LogP contribution in [0.5, 0.6) is 0 Å². The number of carboxylic acids is 1. The molecular formula is C13H18N2O4. The lowest BCUT2D eigenvalue weighted by atomic mass is 10.2. The number of hydrogen-bond donors (Lipinski definition) is 2. The Balaban J connectivity index is 2.86. The van der Waals surface area contributed by atoms with Crippen molar-refractivity contribution in [2.45, 2.75) is 20.0 Å². The highest BCUT2D eigenvalue weighted by molar-refractivity contribution is 5.83. The van der Waals surface area contributed by atoms with Gasteiger partial charge >= 0.3 is 11.9 Å². The third-order valence-electron chi connectivity index (χ3n) is 2.29. The molecule has 1 aromatic rings. The third-order valence-corrected chi connectivity index (χ3v) is 2.29. The predicted octanol–water partition coefficient (Wildman–Crippen LogP) is 1.11. The van der Waals surface area contributed by atoms with Gasteiger partial charge in [0.15, 0.2) is 0 Å². The number of rotatable bonds is 6. The van der Waals surface area contributed by atoms with Crippen molar-refractivity contribution >= 4 is 23.3 Å². The predicted molar refractivity (Wildman–Crippen MR) is 71.9 cm³/mol. The van der Waals surface area contributed by atoms with Gasteiger partial charge < -0.3 is 20.5 Å². The summed E-state index contributed by atoms with van der Waals surface area (Å²) in [5.41, 5.74) is 6.71. The van der Waals surface area contributed by atoms with Crippen LogP contribution in [0, 0.1) is 0 Å². The Kier molecular flexibility index (Phi) is 5.17. The number of para-hydroxylation sites is 2. The van der Waals surface area contributed by atoms with E-state index in [2.05, 4.69) is 0 Å². The Morgan fingerprint density at radius 2 is 1.95 bits per heavy atom. The van der Waals surface area contributed by atoms with Crippen molar-refractivity contribution in [3.05, 3.63) is 24.3 Å². The summed E-state index contributed by atoms with van der Waals surface area (Å²) in [7, 11) is 0. The number of aliphatic carboxylic acids is 1. The quantitative estimate of drug-likeness (QED) is 0.592. The molecule has 0 bridgehead atoms. The summed E-state index contributed by atoms with van der Waals surface area (Å²) in [4.78, 5) is 23.9. The number of benzene rings is 1. The van der Waals surface area contributed by atoms with E-state index in [1.165, 1.54) is 4.90 Å². The summed E-state index contributed by atoms with van der Waals surface area (Å²) in [5, 5.41) is 8.90. The molecule has 104 valence electrons. The molecule has 3 N–H and O–H groups in total. The van der Waals surface area contributed by atoms with E-state index in [9.17, 15) is 9.59 Å². The van der Waals surface area contributed by atoms with E-state index in [1.807, 2.05) is 0 Å². The van der Waals surface area contributed by atoms with E-state index in [1.54, 1.807) is 38.1 Å². The van der Waals surface area contributed by atoms with Crippen molar-refractivity contribution in [2.75, 3.05) is 23.7 Å². The molecule has 0 heterocycles. The molecule has 0 fully saturated rings. The number of anilines is 2. The monoisotopic (exact) mass is 266 g/mol. The molecule has 0 aliphatic rings. The van der Waals surface area contributed by atoms with Crippen molar-refractivity contribution in [3.8, 4) is 0 Å². The fraction of sp³-hybridized carbons (Fsp3) is 0.385. The van der Waals surface area contributed by atoms with E-state index in [4.69, 9.17) is 15.6 Å². The average Bonchev–Trinajstić information content (AvgIpc) is 2.26. The maximum absolute atomic E-state index is 11.6. The molecule has 1 aromatic carbocycles. The van der Waals surface area contributed by atoms with Crippen LogP contribution in [0.2, 0.25) is 0 Å². The van der Waals surface area contributed by atoms with Crippen molar-refractivity contribution in [3.63, 3.8) is 0 Å². The summed E-state index contributed by atoms with van der Waals surface area (Å²) >= 11 is 0. The lowest BCUT2D eigenvalue weighted by Gasteiger charge is -2.23. The summed E-state index contributed by atoms with van der Waals surface area (Å²) in [6.07, 6.45) is -0.243. The number of carbonyl (C=O) groups excluding carboxylic acids is 1. The molecule has 6 heteroatoms. The number of nitrogens with zero attached hydrogens (tertiary/aromatic N) is 1. The molecule has 0 amide bonds. The van der Waals surface area contributed by atoms with Crippen molar-refractivity contribution in [2.24, 2.45) is 0 Å². The Hall–Kier alpha value is -2.24. The lowest BCUT2D eigenvalue weighted by molar-refractivity contribution is -0.145. The zero-order valence-corrected chi connectivity index (χ0v) is 11.0. The molecule has 19 heavy (non-hydrogen) atoms. The molecule has 0 radical (unpaired) electrons. The van der Waals surface area contributed by atoms with Gasteiger partial charge in [0.05, 0.1) is 17.5 Å². The van der Waals surface area contributed by atoms with Crippen molar-refractivity contribution < 1.29 is 19.4 Å². The number of nitrogens with two attached hydrogens (primary N) is 1. The van der Waals surface area contributed by atoms with Crippen LogP contribution in [0.15, 0.2) is 24.3 Å². The van der Waals surface area contributed by atoms with Crippen molar-refractivity contribution in [1.29, 1.82) is 0 Å². The molecule has 0 aliphatic carbocycles. The molecule has 0 spiro atoms. The van der Waals surface area contributed by atoms with Gasteiger partial charge in [-0.25, -0.2) is 0 Å². The van der Waals surface area contributed by atoms with Crippen LogP contribution in [0.25, 0.3) is 0 Å². The molecule has 0 aliphatic heterocycles. The number of carboxylic acid groups (broad SMARTS) is 1. The third kappa shape index (κ3) is 4.87. The van der Waals surface area contributed by atoms with Crippen LogP contribution in [0.4, 0.5) is 11.4 Å². The van der Waals surface area contributed by atoms with Crippen LogP contribution in [-0.4, -0.2) is 36.2 Å². The lowest BCUT2D eigenvalue weighted by Crippen LogP contribution is -2.36. The van der Waals surface area contributed by atoms with Crippen LogP contribution in [0.1, 0.15) is 13.8 Å². The van der Waals surface area contributed by atoms with Crippen LogP contribution in [-0.2, 0) is 14.3 Å². The second kappa shape index (κ2) is 6.63. The molecule has 0 saturated carbocycles. The Bertz CT molecular complexity index is 460. The van der Waals surface area contributed by atoms with Gasteiger partial charge in [-0.1, -0.05) is 12.1 Å². The second-order valence-electron chi connectivity index (χ2n) is 4.35. The zero-order valence-electron chi connectivity index (χ0n) is 11.0. The first kappa shape index (κ1) is 14.8. The smallest absolute Gasteiger partial charge is 0.325 e. The fourth-order valence-electron chi connectivity index (χ4n) is 1.62. The minimum absolute atomic E-state index is 0.154. The normalized spacial score (nSPS) is 10.3. The van der Waals surface area contributed by atoms with E-state index in [-0.39, 0.29) is 19.2 Å². The van der Waals surface area contributed by atoms with Crippen LogP contribution >= 0.6 is 0 Å². The molecule has 1 rings (SSSR count). The number of nitrogen functional groups attached to an aromatic ring is 1. The molecule has 0 aromatic heterocycles. The first-order valence-corrected chi connectivity index (χ1v) is 5.91. The minimum Gasteiger partial charge on any atom is -0.480 e. The van der Waals surface area contributed by atoms with Gasteiger partial charge in [-0.05, 0) is 26.0 Å². The van der Waals surface area contributed by atoms with E-state index in [0.717, 1.165) is 0 Å². The van der Waals surface area contributed by atoms with Gasteiger partial charge in [-0.15, -0.1) is 0 Å². The van der Waals surface area contributed by atoms with Gasteiger partial charge in [0.25, 0.3) is 0 Å². The second-order valence-corrected chi connectivity index (χ2v) is 4.35. The van der Waals surface area contributed by atoms with E-state index < -0.39 is 11.9 Å². The highest BCUT2D eigenvalue weighted by Crippen LogP contribution is 2.22. The van der Waals surface area contributed by atoms with Crippen LogP contribution in [0.3, 0.4) is 0 Å². The summed E-state index contributed by atoms with van der Waals surface area (Å²) in [6, 6.07) is 6.79. The zero-order chi connectivity index (χ0) is 14.4. The van der Waals surface area contributed by atoms with Gasteiger partial charge in [0.2, 0.25) is 0 Å². The Labute approximate surface area is 111 Å². The maximum atomic E-state index is 11.6. The first-order valence-electron chi connectivity index (χ1n) is 5.91. The summed E-state index contributed by atoms with van der Waals surface area (Å²) in [6.45, 7) is 2.99. The van der Waals surface area contributed by atoms with Crippen LogP contribution < -0.4 is 10.6 Å².